The highest BCUT2D eigenvalue weighted by Crippen LogP contribution is 2.40. The third-order valence-corrected chi connectivity index (χ3v) is 5.37. The zero-order chi connectivity index (χ0) is 15.1. The van der Waals surface area contributed by atoms with Gasteiger partial charge in [-0.1, -0.05) is 48.0 Å². The van der Waals surface area contributed by atoms with E-state index in [1.807, 2.05) is 12.1 Å². The van der Waals surface area contributed by atoms with Crippen molar-refractivity contribution in [2.75, 3.05) is 33.2 Å². The number of hydrogen-bond acceptors (Lipinski definition) is 2. The highest BCUT2D eigenvalue weighted by atomic mass is 35.5. The van der Waals surface area contributed by atoms with E-state index in [9.17, 15) is 0 Å². The monoisotopic (exact) mass is 384 g/mol. The highest BCUT2D eigenvalue weighted by molar-refractivity contribution is 6.30. The molecule has 2 nitrogen and oxygen atoms in total. The van der Waals surface area contributed by atoms with Crippen molar-refractivity contribution < 1.29 is 0 Å². The normalized spacial score (nSPS) is 23.4. The molecule has 0 bridgehead atoms. The summed E-state index contributed by atoms with van der Waals surface area (Å²) in [6.45, 7) is 4.55. The number of hydrogen-bond donors (Lipinski definition) is 0. The molecule has 0 aliphatic carbocycles. The van der Waals surface area contributed by atoms with Crippen molar-refractivity contribution in [2.24, 2.45) is 0 Å². The van der Waals surface area contributed by atoms with Gasteiger partial charge in [-0.25, -0.2) is 0 Å². The van der Waals surface area contributed by atoms with Gasteiger partial charge in [-0.15, -0.1) is 24.8 Å². The van der Waals surface area contributed by atoms with E-state index in [1.54, 1.807) is 0 Å². The van der Waals surface area contributed by atoms with E-state index in [0.29, 0.717) is 12.0 Å². The first kappa shape index (κ1) is 19.6. The van der Waals surface area contributed by atoms with Crippen LogP contribution in [0.4, 0.5) is 0 Å². The first-order chi connectivity index (χ1) is 10.7. The first-order valence-electron chi connectivity index (χ1n) is 7.99. The molecule has 0 spiro atoms. The minimum Gasteiger partial charge on any atom is -0.303 e. The van der Waals surface area contributed by atoms with Crippen LogP contribution in [-0.4, -0.2) is 43.0 Å². The molecule has 2 aromatic rings. The summed E-state index contributed by atoms with van der Waals surface area (Å²) in [6, 6.07) is 17.9. The number of benzene rings is 2. The molecule has 2 aliphatic rings. The van der Waals surface area contributed by atoms with Gasteiger partial charge >= 0.3 is 0 Å². The van der Waals surface area contributed by atoms with Gasteiger partial charge in [-0.05, 0) is 35.9 Å². The van der Waals surface area contributed by atoms with E-state index in [-0.39, 0.29) is 24.8 Å². The number of halogens is 3. The molecule has 0 unspecified atom stereocenters. The van der Waals surface area contributed by atoms with Crippen LogP contribution in [0.5, 0.6) is 0 Å². The van der Waals surface area contributed by atoms with Gasteiger partial charge in [0.25, 0.3) is 0 Å². The van der Waals surface area contributed by atoms with Crippen LogP contribution in [0.1, 0.15) is 28.7 Å². The molecular weight excluding hydrogens is 363 g/mol. The van der Waals surface area contributed by atoms with Crippen LogP contribution in [0.2, 0.25) is 5.02 Å². The number of piperazine rings is 1. The third-order valence-electron chi connectivity index (χ3n) is 5.11. The van der Waals surface area contributed by atoms with E-state index < -0.39 is 0 Å². The molecule has 2 heterocycles. The van der Waals surface area contributed by atoms with E-state index in [1.165, 1.54) is 16.7 Å². The average Bonchev–Trinajstić information content (AvgIpc) is 2.55. The van der Waals surface area contributed by atoms with E-state index in [4.69, 9.17) is 11.6 Å². The fourth-order valence-electron chi connectivity index (χ4n) is 3.92. The fourth-order valence-corrected chi connectivity index (χ4v) is 4.04. The second-order valence-corrected chi connectivity index (χ2v) is 6.94. The molecule has 0 radical (unpaired) electrons. The molecule has 2 aliphatic heterocycles. The van der Waals surface area contributed by atoms with Gasteiger partial charge in [0.2, 0.25) is 0 Å². The first-order valence-corrected chi connectivity index (χ1v) is 8.37. The van der Waals surface area contributed by atoms with Crippen molar-refractivity contribution in [1.29, 1.82) is 0 Å². The van der Waals surface area contributed by atoms with Crippen molar-refractivity contribution >= 4 is 36.4 Å². The minimum absolute atomic E-state index is 0. The van der Waals surface area contributed by atoms with E-state index >= 15 is 0 Å². The molecule has 130 valence electrons. The Morgan fingerprint density at radius 2 is 1.54 bits per heavy atom. The van der Waals surface area contributed by atoms with Gasteiger partial charge in [0.15, 0.2) is 0 Å². The Hall–Kier alpha value is -0.770. The number of rotatable bonds is 1. The molecule has 0 amide bonds. The molecule has 2 aromatic carbocycles. The van der Waals surface area contributed by atoms with Crippen molar-refractivity contribution in [2.45, 2.75) is 12.0 Å². The molecule has 5 heteroatoms. The summed E-state index contributed by atoms with van der Waals surface area (Å²) in [7, 11) is 2.23. The van der Waals surface area contributed by atoms with Gasteiger partial charge < -0.3 is 4.90 Å². The smallest absolute Gasteiger partial charge is 0.0478 e. The van der Waals surface area contributed by atoms with Crippen LogP contribution in [0.15, 0.2) is 48.5 Å². The van der Waals surface area contributed by atoms with Crippen molar-refractivity contribution in [3.8, 4) is 0 Å². The summed E-state index contributed by atoms with van der Waals surface area (Å²) < 4.78 is 0. The summed E-state index contributed by atoms with van der Waals surface area (Å²) in [5, 5.41) is 0.810. The van der Waals surface area contributed by atoms with Crippen LogP contribution in [0.3, 0.4) is 0 Å². The maximum Gasteiger partial charge on any atom is 0.0478 e. The zero-order valence-electron chi connectivity index (χ0n) is 13.7. The summed E-state index contributed by atoms with van der Waals surface area (Å²) in [5.74, 6) is 0.452. The lowest BCUT2D eigenvalue weighted by molar-refractivity contribution is 0.0772. The van der Waals surface area contributed by atoms with Gasteiger partial charge in [0.1, 0.15) is 0 Å². The fraction of sp³-hybridized carbons (Fsp3) is 0.368. The van der Waals surface area contributed by atoms with Crippen LogP contribution in [0, 0.1) is 0 Å². The van der Waals surface area contributed by atoms with Crippen molar-refractivity contribution in [3.63, 3.8) is 0 Å². The maximum absolute atomic E-state index is 6.06. The predicted octanol–water partition coefficient (Wildman–Crippen LogP) is 4.62. The zero-order valence-corrected chi connectivity index (χ0v) is 16.1. The second kappa shape index (κ2) is 8.07. The SMILES string of the molecule is CN1CCN2C[C@@H](c3ccc(Cl)cc3)c3ccccc3[C@H]2C1.Cl.Cl. The van der Waals surface area contributed by atoms with Gasteiger partial charge in [0.05, 0.1) is 0 Å². The lowest BCUT2D eigenvalue weighted by Crippen LogP contribution is -2.50. The third kappa shape index (κ3) is 3.58. The minimum atomic E-state index is 0. The Balaban J connectivity index is 0.00000104. The molecule has 0 aromatic heterocycles. The molecule has 0 saturated carbocycles. The summed E-state index contributed by atoms with van der Waals surface area (Å²) >= 11 is 6.06. The predicted molar refractivity (Wildman–Crippen MR) is 106 cm³/mol. The Morgan fingerprint density at radius 1 is 0.875 bits per heavy atom. The summed E-state index contributed by atoms with van der Waals surface area (Å²) in [5.41, 5.74) is 4.36. The largest absolute Gasteiger partial charge is 0.303 e. The number of fused-ring (bicyclic) bond motifs is 3. The van der Waals surface area contributed by atoms with Crippen LogP contribution in [-0.2, 0) is 0 Å². The topological polar surface area (TPSA) is 6.48 Å². The van der Waals surface area contributed by atoms with Crippen molar-refractivity contribution in [3.05, 3.63) is 70.2 Å². The van der Waals surface area contributed by atoms with E-state index in [0.717, 1.165) is 31.2 Å². The van der Waals surface area contributed by atoms with Crippen LogP contribution < -0.4 is 0 Å². The molecule has 4 rings (SSSR count). The summed E-state index contributed by atoms with van der Waals surface area (Å²) in [4.78, 5) is 5.10. The van der Waals surface area contributed by atoms with Crippen molar-refractivity contribution in [1.82, 2.24) is 9.80 Å². The summed E-state index contributed by atoms with van der Waals surface area (Å²) in [6.07, 6.45) is 0. The standard InChI is InChI=1S/C19H21ClN2.2ClH/c1-21-10-11-22-12-18(14-6-8-15(20)9-7-14)16-4-2-3-5-17(16)19(22)13-21;;/h2-9,18-19H,10-13H2,1H3;2*1H/t18-,19+;;/m0../s1. The second-order valence-electron chi connectivity index (χ2n) is 6.51. The maximum atomic E-state index is 6.06. The lowest BCUT2D eigenvalue weighted by Gasteiger charge is -2.46. The lowest BCUT2D eigenvalue weighted by atomic mass is 9.80. The van der Waals surface area contributed by atoms with Gasteiger partial charge in [0, 0.05) is 43.2 Å². The van der Waals surface area contributed by atoms with E-state index in [2.05, 4.69) is 53.2 Å². The highest BCUT2D eigenvalue weighted by Gasteiger charge is 2.36. The Kier molecular flexibility index (Phi) is 6.58. The Labute approximate surface area is 161 Å². The van der Waals surface area contributed by atoms with Gasteiger partial charge in [-0.3, -0.25) is 4.90 Å². The molecule has 2 atom stereocenters. The molecule has 1 fully saturated rings. The Bertz CT molecular complexity index is 675. The Morgan fingerprint density at radius 3 is 2.25 bits per heavy atom. The quantitative estimate of drug-likeness (QED) is 0.707. The number of nitrogens with zero attached hydrogens (tertiary/aromatic N) is 2. The molecule has 24 heavy (non-hydrogen) atoms. The van der Waals surface area contributed by atoms with Crippen LogP contribution in [0.25, 0.3) is 0 Å². The molecular formula is C19H23Cl3N2. The van der Waals surface area contributed by atoms with Gasteiger partial charge in [-0.2, -0.15) is 0 Å². The molecule has 0 N–H and O–H groups in total. The average molecular weight is 386 g/mol. The van der Waals surface area contributed by atoms with Crippen LogP contribution >= 0.6 is 36.4 Å². The molecule has 1 saturated heterocycles. The number of likely N-dealkylation sites (N-methyl/N-ethyl adjacent to an activating group) is 1.